The molecular formula is C11H9N5O2. The molecule has 2 aromatic heterocycles. The summed E-state index contributed by atoms with van der Waals surface area (Å²) in [5.74, 6) is -0.163. The van der Waals surface area contributed by atoms with Crippen molar-refractivity contribution in [3.8, 4) is 0 Å². The number of aromatic nitrogens is 4. The van der Waals surface area contributed by atoms with Crippen molar-refractivity contribution in [1.29, 1.82) is 0 Å². The summed E-state index contributed by atoms with van der Waals surface area (Å²) in [6.45, 7) is 0.196. The summed E-state index contributed by atoms with van der Waals surface area (Å²) in [6.07, 6.45) is 4.92. The topological polar surface area (TPSA) is 85.8 Å². The average molecular weight is 243 g/mol. The zero-order valence-corrected chi connectivity index (χ0v) is 9.28. The van der Waals surface area contributed by atoms with Gasteiger partial charge in [-0.3, -0.25) is 4.79 Å². The van der Waals surface area contributed by atoms with Gasteiger partial charge in [-0.1, -0.05) is 6.07 Å². The van der Waals surface area contributed by atoms with Crippen LogP contribution in [0.2, 0.25) is 0 Å². The maximum atomic E-state index is 11.8. The van der Waals surface area contributed by atoms with Gasteiger partial charge in [0.1, 0.15) is 12.1 Å². The molecule has 0 spiro atoms. The van der Waals surface area contributed by atoms with Crippen LogP contribution < -0.4 is 5.32 Å². The Morgan fingerprint density at radius 2 is 2.33 bits per heavy atom. The van der Waals surface area contributed by atoms with Crippen molar-refractivity contribution in [1.82, 2.24) is 19.9 Å². The molecule has 18 heavy (non-hydrogen) atoms. The van der Waals surface area contributed by atoms with E-state index in [9.17, 15) is 4.79 Å². The van der Waals surface area contributed by atoms with Crippen molar-refractivity contribution >= 4 is 22.6 Å². The predicted octanol–water partition coefficient (Wildman–Crippen LogP) is 1.06. The SMILES string of the molecule is O=C(Cn1ccnc1)Nc1cccc2nonc12. The van der Waals surface area contributed by atoms with E-state index in [1.165, 1.54) is 0 Å². The Bertz CT molecular complexity index is 674. The Labute approximate surface area is 101 Å². The molecule has 0 radical (unpaired) electrons. The summed E-state index contributed by atoms with van der Waals surface area (Å²) in [5.41, 5.74) is 1.73. The first kappa shape index (κ1) is 10.5. The highest BCUT2D eigenvalue weighted by Gasteiger charge is 2.09. The van der Waals surface area contributed by atoms with Crippen LogP contribution in [0.3, 0.4) is 0 Å². The quantitative estimate of drug-likeness (QED) is 0.743. The first-order valence-corrected chi connectivity index (χ1v) is 5.30. The first-order chi connectivity index (χ1) is 8.83. The van der Waals surface area contributed by atoms with Crippen LogP contribution in [0.15, 0.2) is 41.5 Å². The summed E-state index contributed by atoms with van der Waals surface area (Å²) in [5, 5.41) is 10.2. The summed E-state index contributed by atoms with van der Waals surface area (Å²) < 4.78 is 6.30. The molecule has 7 nitrogen and oxygen atoms in total. The molecule has 0 fully saturated rings. The molecule has 2 heterocycles. The second-order valence-electron chi connectivity index (χ2n) is 3.72. The molecule has 1 N–H and O–H groups in total. The van der Waals surface area contributed by atoms with E-state index < -0.39 is 0 Å². The summed E-state index contributed by atoms with van der Waals surface area (Å²) >= 11 is 0. The third-order valence-electron chi connectivity index (χ3n) is 2.45. The van der Waals surface area contributed by atoms with Crippen LogP contribution in [0.25, 0.3) is 11.0 Å². The lowest BCUT2D eigenvalue weighted by atomic mass is 10.2. The van der Waals surface area contributed by atoms with Crippen LogP contribution in [0, 0.1) is 0 Å². The molecule has 1 aromatic carbocycles. The number of amides is 1. The Morgan fingerprint density at radius 3 is 3.17 bits per heavy atom. The van der Waals surface area contributed by atoms with E-state index in [-0.39, 0.29) is 12.5 Å². The van der Waals surface area contributed by atoms with E-state index in [1.807, 2.05) is 0 Å². The molecule has 0 atom stereocenters. The molecule has 7 heteroatoms. The third-order valence-corrected chi connectivity index (χ3v) is 2.45. The van der Waals surface area contributed by atoms with Crippen LogP contribution in [-0.4, -0.2) is 25.8 Å². The minimum Gasteiger partial charge on any atom is -0.328 e. The number of carbonyl (C=O) groups is 1. The minimum absolute atomic E-state index is 0.163. The highest BCUT2D eigenvalue weighted by atomic mass is 16.6. The lowest BCUT2D eigenvalue weighted by Crippen LogP contribution is -2.18. The Morgan fingerprint density at radius 1 is 1.39 bits per heavy atom. The highest BCUT2D eigenvalue weighted by molar-refractivity contribution is 5.98. The lowest BCUT2D eigenvalue weighted by Gasteiger charge is -2.05. The van der Waals surface area contributed by atoms with Crippen LogP contribution in [0.4, 0.5) is 5.69 Å². The zero-order valence-electron chi connectivity index (χ0n) is 9.28. The number of hydrogen-bond acceptors (Lipinski definition) is 5. The predicted molar refractivity (Wildman–Crippen MR) is 62.7 cm³/mol. The van der Waals surface area contributed by atoms with Crippen molar-refractivity contribution in [2.24, 2.45) is 0 Å². The van der Waals surface area contributed by atoms with Crippen LogP contribution in [0.1, 0.15) is 0 Å². The van der Waals surface area contributed by atoms with Crippen molar-refractivity contribution in [2.45, 2.75) is 6.54 Å². The van der Waals surface area contributed by atoms with Gasteiger partial charge in [0.2, 0.25) is 5.91 Å². The van der Waals surface area contributed by atoms with E-state index in [4.69, 9.17) is 0 Å². The number of benzene rings is 1. The van der Waals surface area contributed by atoms with Gasteiger partial charge in [0.05, 0.1) is 12.0 Å². The number of imidazole rings is 1. The summed E-state index contributed by atoms with van der Waals surface area (Å²) in [7, 11) is 0. The highest BCUT2D eigenvalue weighted by Crippen LogP contribution is 2.19. The maximum Gasteiger partial charge on any atom is 0.244 e. The second kappa shape index (κ2) is 4.28. The lowest BCUT2D eigenvalue weighted by molar-refractivity contribution is -0.116. The number of anilines is 1. The molecule has 0 bridgehead atoms. The molecule has 0 aliphatic heterocycles. The number of fused-ring (bicyclic) bond motifs is 1. The molecule has 3 aromatic rings. The fourth-order valence-electron chi connectivity index (χ4n) is 1.64. The number of rotatable bonds is 3. The first-order valence-electron chi connectivity index (χ1n) is 5.30. The fourth-order valence-corrected chi connectivity index (χ4v) is 1.64. The standard InChI is InChI=1S/C11H9N5O2/c17-10(6-16-5-4-12-7-16)13-8-2-1-3-9-11(8)15-18-14-9/h1-5,7H,6H2,(H,13,17). The van der Waals surface area contributed by atoms with Gasteiger partial charge in [0, 0.05) is 12.4 Å². The van der Waals surface area contributed by atoms with Gasteiger partial charge in [0.15, 0.2) is 5.52 Å². The molecule has 3 rings (SSSR count). The van der Waals surface area contributed by atoms with Gasteiger partial charge in [-0.15, -0.1) is 0 Å². The molecule has 0 aliphatic rings. The monoisotopic (exact) mass is 243 g/mol. The van der Waals surface area contributed by atoms with Gasteiger partial charge in [0.25, 0.3) is 0 Å². The molecule has 0 aliphatic carbocycles. The molecular weight excluding hydrogens is 234 g/mol. The minimum atomic E-state index is -0.163. The Hall–Kier alpha value is -2.70. The van der Waals surface area contributed by atoms with Crippen LogP contribution >= 0.6 is 0 Å². The smallest absolute Gasteiger partial charge is 0.244 e. The van der Waals surface area contributed by atoms with Crippen molar-refractivity contribution in [3.63, 3.8) is 0 Å². The van der Waals surface area contributed by atoms with E-state index in [2.05, 4.69) is 25.2 Å². The largest absolute Gasteiger partial charge is 0.328 e. The number of carbonyl (C=O) groups excluding carboxylic acids is 1. The van der Waals surface area contributed by atoms with Gasteiger partial charge >= 0.3 is 0 Å². The number of nitrogens with one attached hydrogen (secondary N) is 1. The van der Waals surface area contributed by atoms with Crippen molar-refractivity contribution < 1.29 is 9.42 Å². The van der Waals surface area contributed by atoms with Gasteiger partial charge < -0.3 is 9.88 Å². The number of nitrogens with zero attached hydrogens (tertiary/aromatic N) is 4. The van der Waals surface area contributed by atoms with Gasteiger partial charge in [-0.25, -0.2) is 9.61 Å². The normalized spacial score (nSPS) is 10.7. The summed E-state index contributed by atoms with van der Waals surface area (Å²) in [6, 6.07) is 5.29. The van der Waals surface area contributed by atoms with E-state index in [1.54, 1.807) is 41.5 Å². The zero-order chi connectivity index (χ0) is 12.4. The molecule has 0 unspecified atom stereocenters. The van der Waals surface area contributed by atoms with Crippen LogP contribution in [0.5, 0.6) is 0 Å². The molecule has 1 amide bonds. The van der Waals surface area contributed by atoms with E-state index >= 15 is 0 Å². The molecule has 0 saturated heterocycles. The average Bonchev–Trinajstić information content (AvgIpc) is 2.99. The van der Waals surface area contributed by atoms with E-state index in [0.29, 0.717) is 16.7 Å². The van der Waals surface area contributed by atoms with Gasteiger partial charge in [-0.2, -0.15) is 0 Å². The Balaban J connectivity index is 1.80. The van der Waals surface area contributed by atoms with Gasteiger partial charge in [-0.05, 0) is 22.4 Å². The maximum absolute atomic E-state index is 11.8. The Kier molecular flexibility index (Phi) is 2.49. The summed E-state index contributed by atoms with van der Waals surface area (Å²) in [4.78, 5) is 15.7. The fraction of sp³-hybridized carbons (Fsp3) is 0.0909. The second-order valence-corrected chi connectivity index (χ2v) is 3.72. The van der Waals surface area contributed by atoms with Crippen molar-refractivity contribution in [2.75, 3.05) is 5.32 Å². The van der Waals surface area contributed by atoms with Crippen LogP contribution in [-0.2, 0) is 11.3 Å². The third kappa shape index (κ3) is 1.93. The molecule has 90 valence electrons. The molecule has 0 saturated carbocycles. The number of hydrogen-bond donors (Lipinski definition) is 1. The van der Waals surface area contributed by atoms with Crippen molar-refractivity contribution in [3.05, 3.63) is 36.9 Å². The van der Waals surface area contributed by atoms with E-state index in [0.717, 1.165) is 0 Å².